The van der Waals surface area contributed by atoms with Crippen LogP contribution in [0.25, 0.3) is 11.2 Å². The van der Waals surface area contributed by atoms with Crippen LogP contribution < -0.4 is 11.5 Å². The van der Waals surface area contributed by atoms with Gasteiger partial charge in [-0.25, -0.2) is 15.0 Å². The molecule has 0 aromatic carbocycles. The molecule has 1 fully saturated rings. The molecule has 0 spiro atoms. The molecule has 0 aliphatic carbocycles. The van der Waals surface area contributed by atoms with Crippen LogP contribution in [0.5, 0.6) is 0 Å². The summed E-state index contributed by atoms with van der Waals surface area (Å²) in [6, 6.07) is 0. The molecular formula is C16H22N6O4. The van der Waals surface area contributed by atoms with Crippen molar-refractivity contribution in [3.05, 3.63) is 12.2 Å². The lowest BCUT2D eigenvalue weighted by molar-refractivity contribution is -0.0511. The number of imidazole rings is 1. The molecule has 3 heterocycles. The normalized spacial score (nSPS) is 25.4. The van der Waals surface area contributed by atoms with Crippen LogP contribution in [0.4, 0.5) is 5.82 Å². The molecule has 0 bridgehead atoms. The number of ether oxygens (including phenoxy) is 1. The number of aliphatic hydroxyl groups is 3. The summed E-state index contributed by atoms with van der Waals surface area (Å²) >= 11 is 0. The molecule has 1 aliphatic heterocycles. The first-order valence-corrected chi connectivity index (χ1v) is 8.38. The Labute approximate surface area is 149 Å². The summed E-state index contributed by atoms with van der Waals surface area (Å²) in [5.74, 6) is 6.22. The van der Waals surface area contributed by atoms with Crippen LogP contribution in [0.3, 0.4) is 0 Å². The molecule has 4 atom stereocenters. The average molecular weight is 362 g/mol. The highest BCUT2D eigenvalue weighted by atomic mass is 16.6. The Hall–Kier alpha value is -2.29. The molecule has 2 unspecified atom stereocenters. The maximum absolute atomic E-state index is 10.2. The van der Waals surface area contributed by atoms with Crippen molar-refractivity contribution in [2.24, 2.45) is 5.73 Å². The van der Waals surface area contributed by atoms with E-state index in [2.05, 4.69) is 26.8 Å². The third-order valence-corrected chi connectivity index (χ3v) is 4.20. The van der Waals surface area contributed by atoms with Gasteiger partial charge < -0.3 is 31.5 Å². The fourth-order valence-electron chi connectivity index (χ4n) is 2.79. The Bertz CT molecular complexity index is 829. The highest BCUT2D eigenvalue weighted by Gasteiger charge is 2.44. The molecule has 3 rings (SSSR count). The predicted molar refractivity (Wildman–Crippen MR) is 92.5 cm³/mol. The minimum absolute atomic E-state index is 0.159. The van der Waals surface area contributed by atoms with Gasteiger partial charge in [-0.1, -0.05) is 5.92 Å². The lowest BCUT2D eigenvalue weighted by Crippen LogP contribution is -2.33. The van der Waals surface area contributed by atoms with Crippen LogP contribution in [0.2, 0.25) is 0 Å². The molecule has 2 aromatic heterocycles. The summed E-state index contributed by atoms with van der Waals surface area (Å²) in [6.45, 7) is 0.207. The summed E-state index contributed by atoms with van der Waals surface area (Å²) < 4.78 is 6.97. The van der Waals surface area contributed by atoms with Gasteiger partial charge in [0.15, 0.2) is 17.7 Å². The predicted octanol–water partition coefficient (Wildman–Crippen LogP) is -1.50. The number of hydrogen-bond donors (Lipinski definition) is 5. The van der Waals surface area contributed by atoms with Crippen molar-refractivity contribution in [2.45, 2.75) is 43.8 Å². The SMILES string of the molecule is NCCCCC#Cc1nc(N)c2ncn([C@@H]3O[C@H](CO)C(O)C3O)c2n1. The Kier molecular flexibility index (Phi) is 5.65. The van der Waals surface area contributed by atoms with E-state index < -0.39 is 31.1 Å². The molecule has 140 valence electrons. The molecule has 0 saturated carbocycles. The van der Waals surface area contributed by atoms with Crippen LogP contribution >= 0.6 is 0 Å². The third-order valence-electron chi connectivity index (χ3n) is 4.20. The summed E-state index contributed by atoms with van der Waals surface area (Å²) in [5.41, 5.74) is 12.1. The first kappa shape index (κ1) is 18.5. The third kappa shape index (κ3) is 3.48. The Morgan fingerprint density at radius 3 is 2.73 bits per heavy atom. The van der Waals surface area contributed by atoms with E-state index in [1.165, 1.54) is 10.9 Å². The molecule has 0 amide bonds. The van der Waals surface area contributed by atoms with Gasteiger partial charge in [0.1, 0.15) is 23.8 Å². The van der Waals surface area contributed by atoms with Crippen LogP contribution in [0, 0.1) is 11.8 Å². The van der Waals surface area contributed by atoms with E-state index in [1.807, 2.05) is 0 Å². The topological polar surface area (TPSA) is 166 Å². The van der Waals surface area contributed by atoms with Gasteiger partial charge in [-0.15, -0.1) is 0 Å². The van der Waals surface area contributed by atoms with Crippen molar-refractivity contribution in [3.63, 3.8) is 0 Å². The van der Waals surface area contributed by atoms with E-state index >= 15 is 0 Å². The van der Waals surface area contributed by atoms with Crippen LogP contribution in [0.1, 0.15) is 31.3 Å². The number of fused-ring (bicyclic) bond motifs is 1. The van der Waals surface area contributed by atoms with Gasteiger partial charge in [0.05, 0.1) is 12.9 Å². The van der Waals surface area contributed by atoms with E-state index in [0.717, 1.165) is 12.8 Å². The van der Waals surface area contributed by atoms with Gasteiger partial charge >= 0.3 is 0 Å². The van der Waals surface area contributed by atoms with Crippen molar-refractivity contribution in [2.75, 3.05) is 18.9 Å². The van der Waals surface area contributed by atoms with E-state index in [4.69, 9.17) is 16.2 Å². The van der Waals surface area contributed by atoms with Crippen LogP contribution in [-0.4, -0.2) is 66.3 Å². The molecule has 26 heavy (non-hydrogen) atoms. The number of nitrogens with zero attached hydrogens (tertiary/aromatic N) is 4. The number of unbranched alkanes of at least 4 members (excludes halogenated alkanes) is 2. The summed E-state index contributed by atoms with van der Waals surface area (Å²) in [6.07, 6.45) is -0.451. The minimum atomic E-state index is -1.24. The number of hydrogen-bond acceptors (Lipinski definition) is 9. The van der Waals surface area contributed by atoms with E-state index in [1.54, 1.807) is 0 Å². The van der Waals surface area contributed by atoms with E-state index in [9.17, 15) is 15.3 Å². The Morgan fingerprint density at radius 2 is 2.04 bits per heavy atom. The maximum Gasteiger partial charge on any atom is 0.208 e. The maximum atomic E-state index is 10.2. The second-order valence-corrected chi connectivity index (χ2v) is 6.03. The molecule has 7 N–H and O–H groups in total. The molecule has 0 radical (unpaired) electrons. The number of aliphatic hydroxyl groups excluding tert-OH is 3. The summed E-state index contributed by atoms with van der Waals surface area (Å²) in [5, 5.41) is 29.4. The number of aromatic nitrogens is 4. The van der Waals surface area contributed by atoms with Gasteiger partial charge in [0.25, 0.3) is 0 Å². The smallest absolute Gasteiger partial charge is 0.208 e. The largest absolute Gasteiger partial charge is 0.394 e. The number of nitrogens with two attached hydrogens (primary N) is 2. The highest BCUT2D eigenvalue weighted by Crippen LogP contribution is 2.31. The van der Waals surface area contributed by atoms with Crippen LogP contribution in [-0.2, 0) is 4.74 Å². The quantitative estimate of drug-likeness (QED) is 0.314. The lowest BCUT2D eigenvalue weighted by Gasteiger charge is -2.16. The van der Waals surface area contributed by atoms with Gasteiger partial charge in [0, 0.05) is 6.42 Å². The fourth-order valence-corrected chi connectivity index (χ4v) is 2.79. The molecule has 10 heteroatoms. The summed E-state index contributed by atoms with van der Waals surface area (Å²) in [4.78, 5) is 12.6. The molecular weight excluding hydrogens is 340 g/mol. The molecule has 10 nitrogen and oxygen atoms in total. The highest BCUT2D eigenvalue weighted by molar-refractivity contribution is 5.82. The Balaban J connectivity index is 1.91. The molecule has 1 aliphatic rings. The zero-order valence-corrected chi connectivity index (χ0v) is 14.1. The van der Waals surface area contributed by atoms with Crippen molar-refractivity contribution in [1.29, 1.82) is 0 Å². The van der Waals surface area contributed by atoms with Gasteiger partial charge in [-0.3, -0.25) is 4.57 Å². The Morgan fingerprint density at radius 1 is 1.23 bits per heavy atom. The van der Waals surface area contributed by atoms with Crippen molar-refractivity contribution in [3.8, 4) is 11.8 Å². The second kappa shape index (κ2) is 7.94. The van der Waals surface area contributed by atoms with E-state index in [-0.39, 0.29) is 11.6 Å². The number of anilines is 1. The summed E-state index contributed by atoms with van der Waals surface area (Å²) in [7, 11) is 0. The fraction of sp³-hybridized carbons (Fsp3) is 0.562. The van der Waals surface area contributed by atoms with Crippen molar-refractivity contribution >= 4 is 17.0 Å². The first-order valence-electron chi connectivity index (χ1n) is 8.38. The first-order chi connectivity index (χ1) is 12.6. The molecule has 2 aromatic rings. The zero-order chi connectivity index (χ0) is 18.7. The van der Waals surface area contributed by atoms with Gasteiger partial charge in [0.2, 0.25) is 5.82 Å². The zero-order valence-electron chi connectivity index (χ0n) is 14.1. The van der Waals surface area contributed by atoms with Crippen molar-refractivity contribution in [1.82, 2.24) is 19.5 Å². The van der Waals surface area contributed by atoms with Gasteiger partial charge in [-0.2, -0.15) is 0 Å². The van der Waals surface area contributed by atoms with Gasteiger partial charge in [-0.05, 0) is 25.3 Å². The van der Waals surface area contributed by atoms with E-state index in [0.29, 0.717) is 24.1 Å². The lowest BCUT2D eigenvalue weighted by atomic mass is 10.1. The van der Waals surface area contributed by atoms with Crippen molar-refractivity contribution < 1.29 is 20.1 Å². The minimum Gasteiger partial charge on any atom is -0.394 e. The number of nitrogen functional groups attached to an aromatic ring is 1. The molecule has 1 saturated heterocycles. The average Bonchev–Trinajstić information content (AvgIpc) is 3.17. The second-order valence-electron chi connectivity index (χ2n) is 6.03. The van der Waals surface area contributed by atoms with Crippen LogP contribution in [0.15, 0.2) is 6.33 Å². The number of rotatable bonds is 5. The standard InChI is InChI=1S/C16H22N6O4/c17-6-4-2-1-3-5-10-20-14(18)11-15(21-10)22(8-19-11)16-13(25)12(24)9(7-23)26-16/h8-9,12-13,16,23-25H,1-2,4,6-7,17H2,(H2,18,20,21)/t9-,12?,13?,16-/m1/s1. The monoisotopic (exact) mass is 362 g/mol.